The second kappa shape index (κ2) is 6.15. The minimum atomic E-state index is -0.291. The van der Waals surface area contributed by atoms with Gasteiger partial charge in [0.25, 0.3) is 0 Å². The fraction of sp³-hybridized carbons (Fsp3) is 0.294. The number of carbonyl (C=O) groups is 1. The van der Waals surface area contributed by atoms with E-state index in [1.54, 1.807) is 18.3 Å². The highest BCUT2D eigenvalue weighted by Crippen LogP contribution is 2.47. The monoisotopic (exact) mass is 298 g/mol. The van der Waals surface area contributed by atoms with E-state index >= 15 is 0 Å². The molecule has 114 valence electrons. The van der Waals surface area contributed by atoms with E-state index in [4.69, 9.17) is 4.42 Å². The first kappa shape index (κ1) is 14.5. The molecule has 0 radical (unpaired) electrons. The highest BCUT2D eigenvalue weighted by molar-refractivity contribution is 6.02. The number of aliphatic hydroxyl groups is 1. The van der Waals surface area contributed by atoms with E-state index in [9.17, 15) is 9.90 Å². The van der Waals surface area contributed by atoms with Gasteiger partial charge in [0.15, 0.2) is 0 Å². The SMILES string of the molecule is CC1CC1c1ccc(/C=C/C(=O)Nc2cnccc2CO)o1. The van der Waals surface area contributed by atoms with Crippen LogP contribution in [-0.4, -0.2) is 16.0 Å². The average molecular weight is 298 g/mol. The Morgan fingerprint density at radius 1 is 1.50 bits per heavy atom. The van der Waals surface area contributed by atoms with Crippen LogP contribution in [0.2, 0.25) is 0 Å². The van der Waals surface area contributed by atoms with Gasteiger partial charge < -0.3 is 14.8 Å². The maximum atomic E-state index is 11.9. The number of furan rings is 1. The Labute approximate surface area is 128 Å². The number of nitrogens with one attached hydrogen (secondary N) is 1. The lowest BCUT2D eigenvalue weighted by Gasteiger charge is -2.06. The van der Waals surface area contributed by atoms with Gasteiger partial charge in [0.2, 0.25) is 5.91 Å². The van der Waals surface area contributed by atoms with Crippen molar-refractivity contribution in [1.29, 1.82) is 0 Å². The number of aromatic nitrogens is 1. The van der Waals surface area contributed by atoms with Crippen molar-refractivity contribution in [1.82, 2.24) is 4.98 Å². The van der Waals surface area contributed by atoms with Crippen molar-refractivity contribution in [2.24, 2.45) is 5.92 Å². The van der Waals surface area contributed by atoms with Crippen molar-refractivity contribution < 1.29 is 14.3 Å². The van der Waals surface area contributed by atoms with E-state index in [0.29, 0.717) is 28.8 Å². The minimum Gasteiger partial charge on any atom is -0.461 e. The van der Waals surface area contributed by atoms with E-state index in [0.717, 1.165) is 5.76 Å². The number of rotatable bonds is 5. The first-order chi connectivity index (χ1) is 10.7. The van der Waals surface area contributed by atoms with E-state index in [2.05, 4.69) is 17.2 Å². The molecular weight excluding hydrogens is 280 g/mol. The summed E-state index contributed by atoms with van der Waals surface area (Å²) < 4.78 is 5.70. The van der Waals surface area contributed by atoms with Gasteiger partial charge >= 0.3 is 0 Å². The van der Waals surface area contributed by atoms with E-state index in [1.807, 2.05) is 12.1 Å². The Kier molecular flexibility index (Phi) is 4.06. The summed E-state index contributed by atoms with van der Waals surface area (Å²) in [5.74, 6) is 2.58. The highest BCUT2D eigenvalue weighted by Gasteiger charge is 2.36. The van der Waals surface area contributed by atoms with Gasteiger partial charge in [0, 0.05) is 23.8 Å². The average Bonchev–Trinajstić information content (AvgIpc) is 3.07. The molecule has 2 unspecified atom stereocenters. The maximum Gasteiger partial charge on any atom is 0.248 e. The number of nitrogens with zero attached hydrogens (tertiary/aromatic N) is 1. The third kappa shape index (κ3) is 3.26. The fourth-order valence-electron chi connectivity index (χ4n) is 2.38. The van der Waals surface area contributed by atoms with Crippen molar-refractivity contribution in [3.05, 3.63) is 53.8 Å². The number of carbonyl (C=O) groups excluding carboxylic acids is 1. The Morgan fingerprint density at radius 2 is 2.32 bits per heavy atom. The number of amides is 1. The summed E-state index contributed by atoms with van der Waals surface area (Å²) in [7, 11) is 0. The summed E-state index contributed by atoms with van der Waals surface area (Å²) in [6, 6.07) is 5.50. The van der Waals surface area contributed by atoms with Crippen LogP contribution in [0.15, 0.2) is 41.1 Å². The largest absolute Gasteiger partial charge is 0.461 e. The predicted octanol–water partition coefficient (Wildman–Crippen LogP) is 2.94. The second-order valence-electron chi connectivity index (χ2n) is 5.57. The third-order valence-corrected chi connectivity index (χ3v) is 3.86. The third-order valence-electron chi connectivity index (χ3n) is 3.86. The summed E-state index contributed by atoms with van der Waals surface area (Å²) in [4.78, 5) is 15.8. The maximum absolute atomic E-state index is 11.9. The summed E-state index contributed by atoms with van der Waals surface area (Å²) >= 11 is 0. The van der Waals surface area contributed by atoms with Crippen molar-refractivity contribution in [2.75, 3.05) is 5.32 Å². The first-order valence-corrected chi connectivity index (χ1v) is 7.30. The molecule has 1 aliphatic rings. The van der Waals surface area contributed by atoms with Gasteiger partial charge in [-0.1, -0.05) is 6.92 Å². The fourth-order valence-corrected chi connectivity index (χ4v) is 2.38. The van der Waals surface area contributed by atoms with Gasteiger partial charge in [0.1, 0.15) is 11.5 Å². The molecule has 0 spiro atoms. The zero-order valence-corrected chi connectivity index (χ0v) is 12.3. The molecule has 2 atom stereocenters. The topological polar surface area (TPSA) is 75.4 Å². The summed E-state index contributed by atoms with van der Waals surface area (Å²) in [6.45, 7) is 2.05. The number of hydrogen-bond donors (Lipinski definition) is 2. The molecule has 0 aliphatic heterocycles. The van der Waals surface area contributed by atoms with Gasteiger partial charge in [-0.25, -0.2) is 0 Å². The normalized spacial score (nSPS) is 20.3. The molecule has 1 aliphatic carbocycles. The van der Waals surface area contributed by atoms with E-state index in [1.165, 1.54) is 18.7 Å². The Bertz CT molecular complexity index is 705. The van der Waals surface area contributed by atoms with Gasteiger partial charge in [-0.15, -0.1) is 0 Å². The lowest BCUT2D eigenvalue weighted by Crippen LogP contribution is -2.10. The smallest absolute Gasteiger partial charge is 0.248 e. The molecule has 1 amide bonds. The van der Waals surface area contributed by atoms with Crippen LogP contribution in [0.3, 0.4) is 0 Å². The zero-order valence-electron chi connectivity index (χ0n) is 12.3. The minimum absolute atomic E-state index is 0.150. The Morgan fingerprint density at radius 3 is 3.05 bits per heavy atom. The Balaban J connectivity index is 1.62. The van der Waals surface area contributed by atoms with Crippen LogP contribution in [-0.2, 0) is 11.4 Å². The molecule has 0 bridgehead atoms. The molecule has 22 heavy (non-hydrogen) atoms. The van der Waals surface area contributed by atoms with Crippen molar-refractivity contribution >= 4 is 17.7 Å². The van der Waals surface area contributed by atoms with Gasteiger partial charge in [-0.3, -0.25) is 9.78 Å². The summed E-state index contributed by atoms with van der Waals surface area (Å²) in [5, 5.41) is 11.9. The summed E-state index contributed by atoms with van der Waals surface area (Å²) in [6.07, 6.45) is 7.30. The van der Waals surface area contributed by atoms with Crippen LogP contribution in [0.5, 0.6) is 0 Å². The lowest BCUT2D eigenvalue weighted by atomic mass is 10.2. The molecule has 5 nitrogen and oxygen atoms in total. The van der Waals surface area contributed by atoms with Crippen LogP contribution in [0, 0.1) is 5.92 Å². The van der Waals surface area contributed by atoms with Crippen molar-refractivity contribution in [2.45, 2.75) is 25.9 Å². The quantitative estimate of drug-likeness (QED) is 0.832. The molecule has 1 fully saturated rings. The molecular formula is C17H18N2O3. The van der Waals surface area contributed by atoms with Gasteiger partial charge in [-0.05, 0) is 36.6 Å². The van der Waals surface area contributed by atoms with Gasteiger partial charge in [-0.2, -0.15) is 0 Å². The number of pyridine rings is 1. The molecule has 2 aromatic heterocycles. The van der Waals surface area contributed by atoms with Crippen LogP contribution in [0.4, 0.5) is 5.69 Å². The second-order valence-corrected chi connectivity index (χ2v) is 5.57. The molecule has 2 N–H and O–H groups in total. The first-order valence-electron chi connectivity index (χ1n) is 7.30. The molecule has 3 rings (SSSR count). The molecule has 0 saturated heterocycles. The summed E-state index contributed by atoms with van der Waals surface area (Å²) in [5.41, 5.74) is 1.13. The lowest BCUT2D eigenvalue weighted by molar-refractivity contribution is -0.111. The molecule has 0 aromatic carbocycles. The van der Waals surface area contributed by atoms with Crippen LogP contribution in [0.25, 0.3) is 6.08 Å². The van der Waals surface area contributed by atoms with E-state index < -0.39 is 0 Å². The Hall–Kier alpha value is -2.40. The number of hydrogen-bond acceptors (Lipinski definition) is 4. The van der Waals surface area contributed by atoms with Crippen LogP contribution >= 0.6 is 0 Å². The predicted molar refractivity (Wildman–Crippen MR) is 83.1 cm³/mol. The molecule has 2 aromatic rings. The number of aliphatic hydroxyl groups excluding tert-OH is 1. The standard InChI is InChI=1S/C17H18N2O3/c1-11-8-14(11)16-4-2-13(22-16)3-5-17(21)19-15-9-18-7-6-12(15)10-20/h2-7,9,11,14,20H,8,10H2,1H3,(H,19,21)/b5-3+. The molecule has 1 saturated carbocycles. The molecule has 5 heteroatoms. The van der Waals surface area contributed by atoms with E-state index in [-0.39, 0.29) is 12.5 Å². The zero-order chi connectivity index (χ0) is 15.5. The van der Waals surface area contributed by atoms with Gasteiger partial charge in [0.05, 0.1) is 18.5 Å². The van der Waals surface area contributed by atoms with Crippen LogP contribution < -0.4 is 5.32 Å². The molecule has 2 heterocycles. The van der Waals surface area contributed by atoms with Crippen molar-refractivity contribution in [3.8, 4) is 0 Å². The van der Waals surface area contributed by atoms with Crippen molar-refractivity contribution in [3.63, 3.8) is 0 Å². The highest BCUT2D eigenvalue weighted by atomic mass is 16.3. The number of anilines is 1. The van der Waals surface area contributed by atoms with Crippen LogP contribution in [0.1, 0.15) is 36.3 Å².